The lowest BCUT2D eigenvalue weighted by atomic mass is 9.72. The molecule has 0 saturated heterocycles. The molecule has 67 heavy (non-hydrogen) atoms. The first kappa shape index (κ1) is 48.5. The maximum absolute atomic E-state index is 11.3. The largest absolute Gasteiger partial charge is 0.459 e. The molecule has 0 aliphatic heterocycles. The van der Waals surface area contributed by atoms with Crippen LogP contribution in [0.5, 0.6) is 0 Å². The highest BCUT2D eigenvalue weighted by molar-refractivity contribution is 5.84. The Morgan fingerprint density at radius 1 is 0.463 bits per heavy atom. The summed E-state index contributed by atoms with van der Waals surface area (Å²) in [6.07, 6.45) is 1.36. The molecule has 0 bridgehead atoms. The quantitative estimate of drug-likeness (QED) is 0.0370. The van der Waals surface area contributed by atoms with E-state index in [1.807, 2.05) is 60.7 Å². The van der Waals surface area contributed by atoms with Crippen LogP contribution in [-0.2, 0) is 66.1 Å². The summed E-state index contributed by atoms with van der Waals surface area (Å²) < 4.78 is 44.5. The summed E-state index contributed by atoms with van der Waals surface area (Å²) in [6, 6.07) is 32.5. The maximum atomic E-state index is 11.3. The van der Waals surface area contributed by atoms with Crippen LogP contribution in [0.15, 0.2) is 97.1 Å². The molecule has 12 heteroatoms. The molecule has 0 radical (unpaired) electrons. The number of esters is 2. The number of aromatic nitrogens is 2. The van der Waals surface area contributed by atoms with E-state index < -0.39 is 5.41 Å². The molecule has 346 valence electrons. The van der Waals surface area contributed by atoms with Gasteiger partial charge < -0.3 is 37.9 Å². The number of carbonyl (C=O) groups is 2. The Morgan fingerprint density at radius 3 is 1.24 bits per heavy atom. The minimum absolute atomic E-state index is 0.128. The molecule has 12 nitrogen and oxygen atoms in total. The lowest BCUT2D eigenvalue weighted by molar-refractivity contribution is -0.143. The Morgan fingerprint density at radius 2 is 0.836 bits per heavy atom. The van der Waals surface area contributed by atoms with Gasteiger partial charge in [-0.05, 0) is 108 Å². The van der Waals surface area contributed by atoms with Crippen LogP contribution in [0.25, 0.3) is 32.9 Å². The molecule has 2 aromatic heterocycles. The zero-order valence-corrected chi connectivity index (χ0v) is 38.6. The fourth-order valence-electron chi connectivity index (χ4n) is 8.03. The van der Waals surface area contributed by atoms with Crippen molar-refractivity contribution in [2.45, 2.75) is 45.3 Å². The van der Waals surface area contributed by atoms with E-state index in [4.69, 9.17) is 37.9 Å². The van der Waals surface area contributed by atoms with Crippen LogP contribution in [0.2, 0.25) is 0 Å². The summed E-state index contributed by atoms with van der Waals surface area (Å²) in [7, 11) is 3.31. The highest BCUT2D eigenvalue weighted by Crippen LogP contribution is 2.53. The van der Waals surface area contributed by atoms with Crippen LogP contribution in [0.4, 0.5) is 0 Å². The number of rotatable bonds is 22. The average molecular weight is 905 g/mol. The highest BCUT2D eigenvalue weighted by atomic mass is 16.6. The zero-order chi connectivity index (χ0) is 46.9. The predicted octanol–water partition coefficient (Wildman–Crippen LogP) is 8.11. The van der Waals surface area contributed by atoms with Gasteiger partial charge in [-0.1, -0.05) is 47.9 Å². The second-order valence-electron chi connectivity index (χ2n) is 16.0. The van der Waals surface area contributed by atoms with Crippen molar-refractivity contribution >= 4 is 33.7 Å². The van der Waals surface area contributed by atoms with E-state index in [-0.39, 0.29) is 25.2 Å². The van der Waals surface area contributed by atoms with E-state index in [0.29, 0.717) is 90.3 Å². The van der Waals surface area contributed by atoms with Gasteiger partial charge in [0.05, 0.1) is 75.3 Å². The fraction of sp³-hybridized carbons (Fsp3) is 0.345. The average Bonchev–Trinajstić information content (AvgIpc) is 3.60. The molecule has 0 unspecified atom stereocenters. The first-order valence-electron chi connectivity index (χ1n) is 22.4. The topological polar surface area (TPSA) is 134 Å². The molecule has 0 N–H and O–H groups in total. The SMILES string of the molecule is COCCOCCOCCC1(CCOCCOCCOC)c2cc(C#Cc3ccc4nc(COC(C)=O)ccc4c3)ccc2-c2ccc(C#Cc3ccc4nc(COC(C)=O)ccc4c3)cc21. The van der Waals surface area contributed by atoms with Gasteiger partial charge in [-0.2, -0.15) is 0 Å². The van der Waals surface area contributed by atoms with Crippen molar-refractivity contribution in [3.8, 4) is 34.8 Å². The summed E-state index contributed by atoms with van der Waals surface area (Å²) in [6.45, 7) is 7.91. The molecule has 1 aliphatic carbocycles. The number of methoxy groups -OCH3 is 2. The lowest BCUT2D eigenvalue weighted by Gasteiger charge is -2.32. The number of nitrogens with zero attached hydrogens (tertiary/aromatic N) is 2. The molecular weight excluding hydrogens is 849 g/mol. The van der Waals surface area contributed by atoms with E-state index in [9.17, 15) is 9.59 Å². The number of carbonyl (C=O) groups excluding carboxylic acids is 2. The fourth-order valence-corrected chi connectivity index (χ4v) is 8.03. The Balaban J connectivity index is 1.20. The van der Waals surface area contributed by atoms with Gasteiger partial charge >= 0.3 is 11.9 Å². The van der Waals surface area contributed by atoms with Crippen molar-refractivity contribution in [2.24, 2.45) is 0 Å². The van der Waals surface area contributed by atoms with Crippen LogP contribution in [-0.4, -0.2) is 102 Å². The van der Waals surface area contributed by atoms with Gasteiger partial charge in [0.2, 0.25) is 0 Å². The van der Waals surface area contributed by atoms with Gasteiger partial charge in [0.25, 0.3) is 0 Å². The van der Waals surface area contributed by atoms with Crippen LogP contribution in [0.1, 0.15) is 71.5 Å². The Labute approximate surface area is 392 Å². The van der Waals surface area contributed by atoms with Gasteiger partial charge in [-0.3, -0.25) is 9.59 Å². The van der Waals surface area contributed by atoms with E-state index in [1.165, 1.54) is 13.8 Å². The molecule has 4 aromatic carbocycles. The van der Waals surface area contributed by atoms with Crippen LogP contribution >= 0.6 is 0 Å². The highest BCUT2D eigenvalue weighted by Gasteiger charge is 2.43. The van der Waals surface area contributed by atoms with E-state index in [2.05, 4.69) is 70.0 Å². The van der Waals surface area contributed by atoms with Crippen LogP contribution in [0, 0.1) is 23.7 Å². The summed E-state index contributed by atoms with van der Waals surface area (Å²) in [5.41, 5.74) is 10.6. The molecule has 1 aliphatic rings. The van der Waals surface area contributed by atoms with Crippen molar-refractivity contribution in [3.63, 3.8) is 0 Å². The molecule has 2 heterocycles. The molecular formula is C55H56N2O10. The monoisotopic (exact) mass is 904 g/mol. The number of fused-ring (bicyclic) bond motifs is 5. The standard InChI is InChI=1S/C55H56N2O10/c1-39(58)66-37-47-15-13-45-33-41(11-19-53(45)56-47)5-7-43-9-17-49-50-18-10-44(8-6-42-12-20-54-46(34-42)14-16-48(57-54)38-67-40(2)59)36-52(50)55(51(49)35-43,21-23-62-29-31-64-27-25-60-3)22-24-63-30-32-65-28-26-61-4/h9-20,33-36H,21-32,37-38H2,1-4H3. The van der Waals surface area contributed by atoms with Gasteiger partial charge in [0.15, 0.2) is 0 Å². The normalized spacial score (nSPS) is 12.2. The van der Waals surface area contributed by atoms with Gasteiger partial charge in [-0.25, -0.2) is 9.97 Å². The lowest BCUT2D eigenvalue weighted by Crippen LogP contribution is -2.30. The molecule has 7 rings (SSSR count). The molecule has 0 atom stereocenters. The number of benzene rings is 4. The number of ether oxygens (including phenoxy) is 8. The number of hydrogen-bond donors (Lipinski definition) is 0. The van der Waals surface area contributed by atoms with Crippen molar-refractivity contribution in [1.29, 1.82) is 0 Å². The third-order valence-corrected chi connectivity index (χ3v) is 11.4. The summed E-state index contributed by atoms with van der Waals surface area (Å²) in [5, 5.41) is 1.89. The summed E-state index contributed by atoms with van der Waals surface area (Å²) in [5.74, 6) is 13.0. The van der Waals surface area contributed by atoms with Crippen LogP contribution < -0.4 is 0 Å². The third kappa shape index (κ3) is 13.3. The Kier molecular flexibility index (Phi) is 17.6. The number of hydrogen-bond acceptors (Lipinski definition) is 12. The minimum Gasteiger partial charge on any atom is -0.459 e. The molecule has 0 amide bonds. The Hall–Kier alpha value is -6.48. The van der Waals surface area contributed by atoms with Crippen molar-refractivity contribution in [3.05, 3.63) is 142 Å². The summed E-state index contributed by atoms with van der Waals surface area (Å²) in [4.78, 5) is 31.9. The Bertz CT molecular complexity index is 2610. The summed E-state index contributed by atoms with van der Waals surface area (Å²) >= 11 is 0. The second-order valence-corrected chi connectivity index (χ2v) is 16.0. The van der Waals surface area contributed by atoms with E-state index in [0.717, 1.165) is 66.3 Å². The zero-order valence-electron chi connectivity index (χ0n) is 38.6. The third-order valence-electron chi connectivity index (χ3n) is 11.4. The number of pyridine rings is 2. The van der Waals surface area contributed by atoms with Crippen molar-refractivity contribution < 1.29 is 47.5 Å². The van der Waals surface area contributed by atoms with Gasteiger partial charge in [0.1, 0.15) is 13.2 Å². The van der Waals surface area contributed by atoms with E-state index in [1.54, 1.807) is 14.2 Å². The van der Waals surface area contributed by atoms with Gasteiger partial charge in [-0.15, -0.1) is 0 Å². The predicted molar refractivity (Wildman–Crippen MR) is 255 cm³/mol. The first-order chi connectivity index (χ1) is 32.7. The molecule has 0 saturated carbocycles. The first-order valence-corrected chi connectivity index (χ1v) is 22.4. The second kappa shape index (κ2) is 24.3. The van der Waals surface area contributed by atoms with Gasteiger partial charge in [0, 0.05) is 79.7 Å². The smallest absolute Gasteiger partial charge is 0.303 e. The van der Waals surface area contributed by atoms with E-state index >= 15 is 0 Å². The maximum Gasteiger partial charge on any atom is 0.303 e. The minimum atomic E-state index is -0.495. The van der Waals surface area contributed by atoms with Crippen molar-refractivity contribution in [2.75, 3.05) is 80.3 Å². The molecule has 6 aromatic rings. The van der Waals surface area contributed by atoms with Crippen LogP contribution in [0.3, 0.4) is 0 Å². The van der Waals surface area contributed by atoms with Crippen molar-refractivity contribution in [1.82, 2.24) is 9.97 Å². The molecule has 0 fully saturated rings. The molecule has 0 spiro atoms.